The molecule has 0 radical (unpaired) electrons. The molecule has 146 valence electrons. The van der Waals surface area contributed by atoms with E-state index >= 15 is 0 Å². The molecule has 5 nitrogen and oxygen atoms in total. The lowest BCUT2D eigenvalue weighted by atomic mass is 9.95. The number of nitrogens with one attached hydrogen (secondary N) is 1. The Bertz CT molecular complexity index is 946. The van der Waals surface area contributed by atoms with Crippen LogP contribution in [0.2, 0.25) is 0 Å². The second-order valence-electron chi connectivity index (χ2n) is 7.40. The standard InChI is InChI=1S/C22H25N3O2S/c1-15(2)25(14-16-6-4-3-5-7-16)12-11-23-22(26)20-18-8-9-19-17(10-13-28-19)21(18)27-24-20/h3-7,10,13,15H,8-9,11-12,14H2,1-2H3,(H,23,26). The zero-order valence-corrected chi connectivity index (χ0v) is 17.1. The highest BCUT2D eigenvalue weighted by Gasteiger charge is 2.28. The Balaban J connectivity index is 1.37. The zero-order chi connectivity index (χ0) is 19.5. The molecule has 1 aliphatic rings. The van der Waals surface area contributed by atoms with E-state index in [4.69, 9.17) is 4.52 Å². The van der Waals surface area contributed by atoms with Crippen molar-refractivity contribution in [2.45, 2.75) is 39.3 Å². The maximum atomic E-state index is 12.7. The minimum Gasteiger partial charge on any atom is -0.355 e. The number of hydrogen-bond acceptors (Lipinski definition) is 5. The second-order valence-corrected chi connectivity index (χ2v) is 8.40. The summed E-state index contributed by atoms with van der Waals surface area (Å²) in [5.41, 5.74) is 3.74. The van der Waals surface area contributed by atoms with Crippen molar-refractivity contribution in [3.8, 4) is 11.3 Å². The van der Waals surface area contributed by atoms with Gasteiger partial charge < -0.3 is 9.84 Å². The van der Waals surface area contributed by atoms with Gasteiger partial charge in [-0.25, -0.2) is 0 Å². The Morgan fingerprint density at radius 1 is 1.25 bits per heavy atom. The smallest absolute Gasteiger partial charge is 0.273 e. The van der Waals surface area contributed by atoms with E-state index in [2.05, 4.69) is 64.9 Å². The summed E-state index contributed by atoms with van der Waals surface area (Å²) in [6.45, 7) is 6.59. The van der Waals surface area contributed by atoms with Crippen LogP contribution in [0.4, 0.5) is 0 Å². The SMILES string of the molecule is CC(C)N(CCNC(=O)c1noc2c1CCc1sccc1-2)Cc1ccccc1. The number of fused-ring (bicyclic) bond motifs is 3. The normalized spacial score (nSPS) is 12.9. The highest BCUT2D eigenvalue weighted by atomic mass is 32.1. The van der Waals surface area contributed by atoms with Crippen LogP contribution < -0.4 is 5.32 Å². The molecule has 0 atom stereocenters. The van der Waals surface area contributed by atoms with E-state index in [9.17, 15) is 4.79 Å². The van der Waals surface area contributed by atoms with Gasteiger partial charge in [0.2, 0.25) is 0 Å². The summed E-state index contributed by atoms with van der Waals surface area (Å²) in [6.07, 6.45) is 1.75. The number of amides is 1. The summed E-state index contributed by atoms with van der Waals surface area (Å²) in [4.78, 5) is 16.4. The van der Waals surface area contributed by atoms with Crippen molar-refractivity contribution in [2.24, 2.45) is 0 Å². The van der Waals surface area contributed by atoms with Crippen LogP contribution in [0.1, 0.15) is 40.3 Å². The molecule has 1 N–H and O–H groups in total. The number of benzene rings is 1. The van der Waals surface area contributed by atoms with Crippen molar-refractivity contribution >= 4 is 17.2 Å². The number of aryl methyl sites for hydroxylation is 1. The summed E-state index contributed by atoms with van der Waals surface area (Å²) in [6, 6.07) is 12.9. The van der Waals surface area contributed by atoms with Crippen LogP contribution in [-0.2, 0) is 19.4 Å². The molecule has 0 fully saturated rings. The zero-order valence-electron chi connectivity index (χ0n) is 16.3. The molecule has 2 aromatic heterocycles. The molecule has 0 saturated heterocycles. The Hall–Kier alpha value is -2.44. The van der Waals surface area contributed by atoms with Gasteiger partial charge in [0.05, 0.1) is 0 Å². The van der Waals surface area contributed by atoms with Crippen molar-refractivity contribution < 1.29 is 9.32 Å². The number of hydrogen-bond donors (Lipinski definition) is 1. The fourth-order valence-electron chi connectivity index (χ4n) is 3.64. The summed E-state index contributed by atoms with van der Waals surface area (Å²) in [5.74, 6) is 0.618. The Kier molecular flexibility index (Phi) is 5.59. The maximum absolute atomic E-state index is 12.7. The fourth-order valence-corrected chi connectivity index (χ4v) is 4.52. The van der Waals surface area contributed by atoms with Crippen molar-refractivity contribution in [1.29, 1.82) is 0 Å². The van der Waals surface area contributed by atoms with E-state index < -0.39 is 0 Å². The Labute approximate surface area is 169 Å². The molecule has 28 heavy (non-hydrogen) atoms. The first-order valence-corrected chi connectivity index (χ1v) is 10.6. The summed E-state index contributed by atoms with van der Waals surface area (Å²) < 4.78 is 5.52. The van der Waals surface area contributed by atoms with E-state index in [1.54, 1.807) is 11.3 Å². The number of nitrogens with zero attached hydrogens (tertiary/aromatic N) is 2. The number of carbonyl (C=O) groups excluding carboxylic acids is 1. The van der Waals surface area contributed by atoms with Crippen molar-refractivity contribution in [3.05, 3.63) is 63.5 Å². The first-order valence-electron chi connectivity index (χ1n) is 9.75. The molecular formula is C22H25N3O2S. The van der Waals surface area contributed by atoms with Gasteiger partial charge in [0.15, 0.2) is 11.5 Å². The van der Waals surface area contributed by atoms with Crippen molar-refractivity contribution in [1.82, 2.24) is 15.4 Å². The molecule has 0 bridgehead atoms. The molecule has 6 heteroatoms. The predicted molar refractivity (Wildman–Crippen MR) is 112 cm³/mol. The third kappa shape index (κ3) is 3.88. The van der Waals surface area contributed by atoms with E-state index in [-0.39, 0.29) is 5.91 Å². The number of thiophene rings is 1. The van der Waals surface area contributed by atoms with Crippen LogP contribution in [0.25, 0.3) is 11.3 Å². The van der Waals surface area contributed by atoms with Gasteiger partial charge in [-0.2, -0.15) is 0 Å². The topological polar surface area (TPSA) is 58.4 Å². The highest BCUT2D eigenvalue weighted by molar-refractivity contribution is 7.10. The predicted octanol–water partition coefficient (Wildman–Crippen LogP) is 4.14. The van der Waals surface area contributed by atoms with E-state index in [0.29, 0.717) is 18.3 Å². The van der Waals surface area contributed by atoms with E-state index in [1.807, 2.05) is 6.07 Å². The van der Waals surface area contributed by atoms with Crippen LogP contribution in [0.3, 0.4) is 0 Å². The lowest BCUT2D eigenvalue weighted by Gasteiger charge is -2.26. The minimum atomic E-state index is -0.146. The van der Waals surface area contributed by atoms with Crippen molar-refractivity contribution in [2.75, 3.05) is 13.1 Å². The van der Waals surface area contributed by atoms with Gasteiger partial charge in [-0.3, -0.25) is 9.69 Å². The van der Waals surface area contributed by atoms with E-state index in [0.717, 1.165) is 42.8 Å². The molecule has 4 rings (SSSR count). The molecule has 2 heterocycles. The fraction of sp³-hybridized carbons (Fsp3) is 0.364. The number of aromatic nitrogens is 1. The van der Waals surface area contributed by atoms with E-state index in [1.165, 1.54) is 10.4 Å². The molecule has 0 unspecified atom stereocenters. The lowest BCUT2D eigenvalue weighted by Crippen LogP contribution is -2.38. The summed E-state index contributed by atoms with van der Waals surface area (Å²) in [7, 11) is 0. The molecule has 3 aromatic rings. The van der Waals surface area contributed by atoms with Gasteiger partial charge in [-0.05, 0) is 43.7 Å². The maximum Gasteiger partial charge on any atom is 0.273 e. The minimum absolute atomic E-state index is 0.146. The van der Waals surface area contributed by atoms with Crippen LogP contribution in [0.5, 0.6) is 0 Å². The molecule has 1 aromatic carbocycles. The Morgan fingerprint density at radius 3 is 2.86 bits per heavy atom. The largest absolute Gasteiger partial charge is 0.355 e. The summed E-state index contributed by atoms with van der Waals surface area (Å²) >= 11 is 1.73. The molecule has 0 aliphatic heterocycles. The molecule has 1 amide bonds. The van der Waals surface area contributed by atoms with Gasteiger partial charge in [-0.1, -0.05) is 35.5 Å². The van der Waals surface area contributed by atoms with Gasteiger partial charge >= 0.3 is 0 Å². The molecular weight excluding hydrogens is 370 g/mol. The highest BCUT2D eigenvalue weighted by Crippen LogP contribution is 2.37. The quantitative estimate of drug-likeness (QED) is 0.653. The molecule has 0 saturated carbocycles. The third-order valence-electron chi connectivity index (χ3n) is 5.24. The number of rotatable bonds is 7. The average molecular weight is 396 g/mol. The first-order chi connectivity index (χ1) is 13.6. The Morgan fingerprint density at radius 2 is 2.07 bits per heavy atom. The average Bonchev–Trinajstić information content (AvgIpc) is 3.34. The lowest BCUT2D eigenvalue weighted by molar-refractivity contribution is 0.0934. The van der Waals surface area contributed by atoms with Crippen LogP contribution >= 0.6 is 11.3 Å². The summed E-state index contributed by atoms with van der Waals surface area (Å²) in [5, 5.41) is 9.17. The van der Waals surface area contributed by atoms with Gasteiger partial charge in [-0.15, -0.1) is 11.3 Å². The second kappa shape index (κ2) is 8.29. The van der Waals surface area contributed by atoms with Crippen LogP contribution in [0, 0.1) is 0 Å². The monoisotopic (exact) mass is 395 g/mol. The van der Waals surface area contributed by atoms with Crippen molar-refractivity contribution in [3.63, 3.8) is 0 Å². The number of carbonyl (C=O) groups is 1. The van der Waals surface area contributed by atoms with Gasteiger partial charge in [0.1, 0.15) is 0 Å². The van der Waals surface area contributed by atoms with Gasteiger partial charge in [0.25, 0.3) is 5.91 Å². The molecule has 1 aliphatic carbocycles. The van der Waals surface area contributed by atoms with Crippen LogP contribution in [0.15, 0.2) is 46.3 Å². The molecule has 0 spiro atoms. The third-order valence-corrected chi connectivity index (χ3v) is 6.22. The van der Waals surface area contributed by atoms with Crippen LogP contribution in [-0.4, -0.2) is 35.1 Å². The van der Waals surface area contributed by atoms with Gasteiger partial charge in [0, 0.05) is 41.7 Å². The first kappa shape index (κ1) is 18.9.